The lowest BCUT2D eigenvalue weighted by Gasteiger charge is -2.06. The van der Waals surface area contributed by atoms with Gasteiger partial charge in [-0.05, 0) is 30.2 Å². The van der Waals surface area contributed by atoms with Crippen molar-refractivity contribution in [2.75, 3.05) is 26.9 Å². The van der Waals surface area contributed by atoms with Gasteiger partial charge in [0.1, 0.15) is 0 Å². The number of ether oxygens (including phenoxy) is 2. The highest BCUT2D eigenvalue weighted by Gasteiger charge is 2.10. The quantitative estimate of drug-likeness (QED) is 0.497. The van der Waals surface area contributed by atoms with Crippen LogP contribution in [-0.4, -0.2) is 47.1 Å². The minimum absolute atomic E-state index is 0.164. The van der Waals surface area contributed by atoms with Gasteiger partial charge in [0.15, 0.2) is 5.82 Å². The molecule has 0 aliphatic heterocycles. The highest BCUT2D eigenvalue weighted by Crippen LogP contribution is 2.15. The first-order valence-corrected chi connectivity index (χ1v) is 6.16. The van der Waals surface area contributed by atoms with Crippen LogP contribution in [0.4, 0.5) is 0 Å². The van der Waals surface area contributed by atoms with Crippen LogP contribution in [0.1, 0.15) is 31.0 Å². The maximum Gasteiger partial charge on any atom is 0.168 e. The molecule has 0 radical (unpaired) electrons. The lowest BCUT2D eigenvalue weighted by Crippen LogP contribution is -2.08. The number of nitrogens with zero attached hydrogens (tertiary/aromatic N) is 4. The summed E-state index contributed by atoms with van der Waals surface area (Å²) >= 11 is 5.95. The summed E-state index contributed by atoms with van der Waals surface area (Å²) in [4.78, 5) is 0. The number of aromatic nitrogens is 4. The number of tetrazole rings is 1. The predicted octanol–water partition coefficient (Wildman–Crippen LogP) is 1.42. The largest absolute Gasteiger partial charge is 0.382 e. The Morgan fingerprint density at radius 2 is 2.12 bits per heavy atom. The van der Waals surface area contributed by atoms with Gasteiger partial charge in [-0.3, -0.25) is 0 Å². The molecule has 98 valence electrons. The third kappa shape index (κ3) is 5.43. The van der Waals surface area contributed by atoms with E-state index >= 15 is 0 Å². The van der Waals surface area contributed by atoms with Crippen molar-refractivity contribution in [3.63, 3.8) is 0 Å². The molecule has 7 heteroatoms. The molecule has 1 rings (SSSR count). The monoisotopic (exact) mass is 262 g/mol. The number of unbranched alkanes of at least 4 members (excludes halogenated alkanes) is 1. The summed E-state index contributed by atoms with van der Waals surface area (Å²) in [6.45, 7) is 4.65. The topological polar surface area (TPSA) is 62.1 Å². The van der Waals surface area contributed by atoms with Gasteiger partial charge in [-0.1, -0.05) is 0 Å². The van der Waals surface area contributed by atoms with Crippen LogP contribution in [0.2, 0.25) is 0 Å². The lowest BCUT2D eigenvalue weighted by atomic mass is 10.3. The molecule has 0 aliphatic carbocycles. The number of alkyl halides is 1. The summed E-state index contributed by atoms with van der Waals surface area (Å²) in [5.74, 6) is 0.715. The maximum absolute atomic E-state index is 5.95. The van der Waals surface area contributed by atoms with E-state index in [2.05, 4.69) is 15.5 Å². The molecule has 0 fully saturated rings. The predicted molar refractivity (Wildman–Crippen MR) is 64.0 cm³/mol. The highest BCUT2D eigenvalue weighted by molar-refractivity contribution is 6.20. The summed E-state index contributed by atoms with van der Waals surface area (Å²) < 4.78 is 12.0. The molecular formula is C10H19ClN4O2. The summed E-state index contributed by atoms with van der Waals surface area (Å²) in [6, 6.07) is 0. The van der Waals surface area contributed by atoms with E-state index in [1.165, 1.54) is 0 Å². The second kappa shape index (κ2) is 8.38. The number of hydrogen-bond acceptors (Lipinski definition) is 5. The average Bonchev–Trinajstić information content (AvgIpc) is 2.76. The Balaban J connectivity index is 2.11. The number of aryl methyl sites for hydroxylation is 1. The Kier molecular flexibility index (Phi) is 7.07. The molecule has 1 aromatic rings. The molecule has 0 N–H and O–H groups in total. The molecule has 0 saturated carbocycles. The molecule has 1 unspecified atom stereocenters. The van der Waals surface area contributed by atoms with Crippen LogP contribution in [0.25, 0.3) is 0 Å². The van der Waals surface area contributed by atoms with E-state index in [1.807, 2.05) is 6.92 Å². The first-order chi connectivity index (χ1) is 8.25. The van der Waals surface area contributed by atoms with E-state index in [0.29, 0.717) is 19.0 Å². The second-order valence-corrected chi connectivity index (χ2v) is 4.34. The Morgan fingerprint density at radius 1 is 1.29 bits per heavy atom. The molecular weight excluding hydrogens is 244 g/mol. The molecule has 1 atom stereocenters. The molecule has 6 nitrogen and oxygen atoms in total. The van der Waals surface area contributed by atoms with E-state index in [1.54, 1.807) is 11.8 Å². The lowest BCUT2D eigenvalue weighted by molar-refractivity contribution is 0.0683. The van der Waals surface area contributed by atoms with Crippen LogP contribution in [0.5, 0.6) is 0 Å². The zero-order chi connectivity index (χ0) is 12.5. The van der Waals surface area contributed by atoms with Crippen molar-refractivity contribution in [3.8, 4) is 0 Å². The zero-order valence-electron chi connectivity index (χ0n) is 10.3. The van der Waals surface area contributed by atoms with E-state index in [0.717, 1.165) is 26.0 Å². The van der Waals surface area contributed by atoms with Gasteiger partial charge in [0, 0.05) is 20.3 Å². The first-order valence-electron chi connectivity index (χ1n) is 5.72. The minimum Gasteiger partial charge on any atom is -0.382 e. The fourth-order valence-corrected chi connectivity index (χ4v) is 1.52. The molecule has 0 saturated heterocycles. The van der Waals surface area contributed by atoms with Crippen molar-refractivity contribution >= 4 is 11.6 Å². The summed E-state index contributed by atoms with van der Waals surface area (Å²) in [5, 5.41) is 11.2. The van der Waals surface area contributed by atoms with Crippen LogP contribution < -0.4 is 0 Å². The molecule has 1 heterocycles. The fraction of sp³-hybridized carbons (Fsp3) is 0.900. The van der Waals surface area contributed by atoms with Gasteiger partial charge in [0.25, 0.3) is 0 Å². The van der Waals surface area contributed by atoms with Gasteiger partial charge in [0.2, 0.25) is 0 Å². The van der Waals surface area contributed by atoms with Crippen molar-refractivity contribution in [1.82, 2.24) is 20.2 Å². The first kappa shape index (κ1) is 14.3. The number of halogens is 1. The van der Waals surface area contributed by atoms with Crippen molar-refractivity contribution < 1.29 is 9.47 Å². The normalized spacial score (nSPS) is 12.9. The number of hydrogen-bond donors (Lipinski definition) is 0. The van der Waals surface area contributed by atoms with E-state index < -0.39 is 0 Å². The van der Waals surface area contributed by atoms with E-state index in [4.69, 9.17) is 21.1 Å². The molecule has 0 aliphatic rings. The third-order valence-electron chi connectivity index (χ3n) is 2.26. The number of methoxy groups -OCH3 is 1. The summed E-state index contributed by atoms with van der Waals surface area (Å²) in [5.41, 5.74) is 0. The Bertz CT molecular complexity index is 306. The SMILES string of the molecule is COCCOCCCCn1nnnc1C(C)Cl. The fourth-order valence-electron chi connectivity index (χ4n) is 1.37. The van der Waals surface area contributed by atoms with Crippen molar-refractivity contribution in [1.29, 1.82) is 0 Å². The van der Waals surface area contributed by atoms with Gasteiger partial charge >= 0.3 is 0 Å². The van der Waals surface area contributed by atoms with Crippen LogP contribution in [0.3, 0.4) is 0 Å². The Hall–Kier alpha value is -0.720. The highest BCUT2D eigenvalue weighted by atomic mass is 35.5. The smallest absolute Gasteiger partial charge is 0.168 e. The number of rotatable bonds is 9. The molecule has 1 aromatic heterocycles. The Labute approximate surface area is 106 Å². The van der Waals surface area contributed by atoms with E-state index in [-0.39, 0.29) is 5.38 Å². The average molecular weight is 263 g/mol. The van der Waals surface area contributed by atoms with E-state index in [9.17, 15) is 0 Å². The van der Waals surface area contributed by atoms with Gasteiger partial charge in [-0.2, -0.15) is 0 Å². The van der Waals surface area contributed by atoms with Crippen LogP contribution in [0.15, 0.2) is 0 Å². The van der Waals surface area contributed by atoms with Crippen molar-refractivity contribution in [3.05, 3.63) is 5.82 Å². The minimum atomic E-state index is -0.164. The standard InChI is InChI=1S/C10H19ClN4O2/c1-9(11)10-12-13-14-15(10)5-3-4-6-17-8-7-16-2/h9H,3-8H2,1-2H3. The second-order valence-electron chi connectivity index (χ2n) is 3.69. The summed E-state index contributed by atoms with van der Waals surface area (Å²) in [7, 11) is 1.66. The molecule has 0 bridgehead atoms. The van der Waals surface area contributed by atoms with Gasteiger partial charge in [0.05, 0.1) is 18.6 Å². The molecule has 0 amide bonds. The van der Waals surface area contributed by atoms with Gasteiger partial charge < -0.3 is 9.47 Å². The Morgan fingerprint density at radius 3 is 2.82 bits per heavy atom. The maximum atomic E-state index is 5.95. The van der Waals surface area contributed by atoms with Crippen molar-refractivity contribution in [2.24, 2.45) is 0 Å². The van der Waals surface area contributed by atoms with Gasteiger partial charge in [-0.25, -0.2) is 4.68 Å². The van der Waals surface area contributed by atoms with Gasteiger partial charge in [-0.15, -0.1) is 16.7 Å². The third-order valence-corrected chi connectivity index (χ3v) is 2.45. The van der Waals surface area contributed by atoms with Crippen LogP contribution >= 0.6 is 11.6 Å². The molecule has 0 aromatic carbocycles. The van der Waals surface area contributed by atoms with Crippen LogP contribution in [-0.2, 0) is 16.0 Å². The van der Waals surface area contributed by atoms with Crippen molar-refractivity contribution in [2.45, 2.75) is 31.7 Å². The zero-order valence-corrected chi connectivity index (χ0v) is 11.1. The molecule has 0 spiro atoms. The van der Waals surface area contributed by atoms with Crippen LogP contribution in [0, 0.1) is 0 Å². The molecule has 17 heavy (non-hydrogen) atoms. The summed E-state index contributed by atoms with van der Waals surface area (Å²) in [6.07, 6.45) is 1.94.